The normalized spacial score (nSPS) is 14.3. The van der Waals surface area contributed by atoms with Gasteiger partial charge in [-0.25, -0.2) is 12.7 Å². The molecule has 0 atom stereocenters. The monoisotopic (exact) mass is 415 g/mol. The third-order valence-corrected chi connectivity index (χ3v) is 6.94. The van der Waals surface area contributed by atoms with Gasteiger partial charge in [0.1, 0.15) is 0 Å². The van der Waals surface area contributed by atoms with Crippen molar-refractivity contribution in [3.63, 3.8) is 0 Å². The Balaban J connectivity index is 1.82. The Bertz CT molecular complexity index is 1240. The lowest BCUT2D eigenvalue weighted by molar-refractivity contribution is -0.121. The van der Waals surface area contributed by atoms with Crippen LogP contribution in [0.4, 0.5) is 0 Å². The van der Waals surface area contributed by atoms with Crippen LogP contribution in [0.3, 0.4) is 0 Å². The molecule has 3 aromatic carbocycles. The molecule has 0 bridgehead atoms. The minimum absolute atomic E-state index is 0.0275. The zero-order chi connectivity index (χ0) is 21.3. The van der Waals surface area contributed by atoms with Gasteiger partial charge in [0.25, 0.3) is 15.9 Å². The maximum Gasteiger partial charge on any atom is 0.268 e. The van der Waals surface area contributed by atoms with Crippen molar-refractivity contribution in [2.75, 3.05) is 6.54 Å². The Morgan fingerprint density at radius 1 is 0.867 bits per heavy atom. The van der Waals surface area contributed by atoms with E-state index in [2.05, 4.69) is 6.58 Å². The van der Waals surface area contributed by atoms with Gasteiger partial charge in [-0.05, 0) is 41.3 Å². The summed E-state index contributed by atoms with van der Waals surface area (Å²) in [5.41, 5.74) is 4.04. The Kier molecular flexibility index (Phi) is 5.14. The second-order valence-corrected chi connectivity index (χ2v) is 9.06. The predicted molar refractivity (Wildman–Crippen MR) is 119 cm³/mol. The summed E-state index contributed by atoms with van der Waals surface area (Å²) in [6, 6.07) is 25.2. The summed E-state index contributed by atoms with van der Waals surface area (Å²) >= 11 is 0. The highest BCUT2D eigenvalue weighted by Gasteiger charge is 2.40. The molecule has 0 spiro atoms. The SMILES string of the molecule is C=C(C1=C(c2ccccc2)CN(S(=O)(=O)c2ccc(C)cc2)C1=O)c1ccccc1. The van der Waals surface area contributed by atoms with Crippen LogP contribution in [0.25, 0.3) is 11.1 Å². The Morgan fingerprint density at radius 2 is 1.43 bits per heavy atom. The quantitative estimate of drug-likeness (QED) is 0.607. The average Bonchev–Trinajstić information content (AvgIpc) is 3.12. The van der Waals surface area contributed by atoms with Crippen LogP contribution >= 0.6 is 0 Å². The predicted octanol–water partition coefficient (Wildman–Crippen LogP) is 4.69. The fourth-order valence-corrected chi connectivity index (χ4v) is 4.89. The van der Waals surface area contributed by atoms with Crippen LogP contribution in [0.1, 0.15) is 16.7 Å². The summed E-state index contributed by atoms with van der Waals surface area (Å²) in [5.74, 6) is -0.553. The van der Waals surface area contributed by atoms with Gasteiger partial charge in [-0.1, -0.05) is 84.9 Å². The van der Waals surface area contributed by atoms with E-state index in [4.69, 9.17) is 0 Å². The number of benzene rings is 3. The summed E-state index contributed by atoms with van der Waals surface area (Å²) in [6.07, 6.45) is 0. The van der Waals surface area contributed by atoms with Crippen LogP contribution in [-0.4, -0.2) is 25.2 Å². The summed E-state index contributed by atoms with van der Waals surface area (Å²) < 4.78 is 27.5. The van der Waals surface area contributed by atoms with Crippen molar-refractivity contribution < 1.29 is 13.2 Å². The van der Waals surface area contributed by atoms with E-state index < -0.39 is 15.9 Å². The van der Waals surface area contributed by atoms with Gasteiger partial charge in [-0.15, -0.1) is 0 Å². The standard InChI is InChI=1S/C25H21NO3S/c1-18-13-15-22(16-14-18)30(28,29)26-17-23(21-11-7-4-8-12-21)24(25(26)27)19(2)20-9-5-3-6-10-20/h3-16H,2,17H2,1H3. The molecule has 1 aliphatic heterocycles. The summed E-state index contributed by atoms with van der Waals surface area (Å²) in [4.78, 5) is 13.5. The molecule has 1 amide bonds. The maximum absolute atomic E-state index is 13.4. The molecule has 4 rings (SSSR count). The molecule has 0 aromatic heterocycles. The van der Waals surface area contributed by atoms with Gasteiger partial charge in [-0.2, -0.15) is 0 Å². The molecule has 0 saturated carbocycles. The fourth-order valence-electron chi connectivity index (χ4n) is 3.55. The minimum atomic E-state index is -3.99. The summed E-state index contributed by atoms with van der Waals surface area (Å²) in [5, 5.41) is 0. The number of nitrogens with zero attached hydrogens (tertiary/aromatic N) is 1. The zero-order valence-electron chi connectivity index (χ0n) is 16.6. The zero-order valence-corrected chi connectivity index (χ0v) is 17.4. The molecule has 0 fully saturated rings. The molecule has 0 aliphatic carbocycles. The van der Waals surface area contributed by atoms with Crippen LogP contribution < -0.4 is 0 Å². The number of hydrogen-bond acceptors (Lipinski definition) is 3. The van der Waals surface area contributed by atoms with Gasteiger partial charge in [0.15, 0.2) is 0 Å². The van der Waals surface area contributed by atoms with Gasteiger partial charge >= 0.3 is 0 Å². The molecule has 0 saturated heterocycles. The maximum atomic E-state index is 13.4. The van der Waals surface area contributed by atoms with Crippen molar-refractivity contribution in [3.8, 4) is 0 Å². The van der Waals surface area contributed by atoms with E-state index in [1.54, 1.807) is 12.1 Å². The van der Waals surface area contributed by atoms with Crippen molar-refractivity contribution in [1.82, 2.24) is 4.31 Å². The summed E-state index contributed by atoms with van der Waals surface area (Å²) in [7, 11) is -3.99. The lowest BCUT2D eigenvalue weighted by Gasteiger charge is -2.18. The van der Waals surface area contributed by atoms with Crippen molar-refractivity contribution in [2.45, 2.75) is 11.8 Å². The highest BCUT2D eigenvalue weighted by Crippen LogP contribution is 2.38. The lowest BCUT2D eigenvalue weighted by Crippen LogP contribution is -2.34. The first-order valence-electron chi connectivity index (χ1n) is 9.56. The van der Waals surface area contributed by atoms with Crippen molar-refractivity contribution in [1.29, 1.82) is 0 Å². The molecule has 1 heterocycles. The van der Waals surface area contributed by atoms with Crippen molar-refractivity contribution >= 4 is 27.1 Å². The van der Waals surface area contributed by atoms with Crippen molar-refractivity contribution in [2.24, 2.45) is 0 Å². The van der Waals surface area contributed by atoms with Gasteiger partial charge < -0.3 is 0 Å². The second kappa shape index (κ2) is 7.76. The van der Waals surface area contributed by atoms with E-state index in [-0.39, 0.29) is 11.4 Å². The number of aryl methyl sites for hydroxylation is 1. The van der Waals surface area contributed by atoms with Gasteiger partial charge in [0.2, 0.25) is 0 Å². The first-order chi connectivity index (χ1) is 14.4. The molecule has 0 unspecified atom stereocenters. The number of rotatable bonds is 5. The molecule has 30 heavy (non-hydrogen) atoms. The Hall–Kier alpha value is -3.44. The van der Waals surface area contributed by atoms with E-state index in [1.165, 1.54) is 12.1 Å². The Morgan fingerprint density at radius 3 is 2.03 bits per heavy atom. The number of amides is 1. The van der Waals surface area contributed by atoms with Gasteiger partial charge in [0.05, 0.1) is 17.0 Å². The minimum Gasteiger partial charge on any atom is -0.268 e. The molecule has 0 radical (unpaired) electrons. The van der Waals surface area contributed by atoms with Crippen molar-refractivity contribution in [3.05, 3.63) is 114 Å². The molecule has 1 aliphatic rings. The topological polar surface area (TPSA) is 54.5 Å². The lowest BCUT2D eigenvalue weighted by atomic mass is 9.93. The molecular weight excluding hydrogens is 394 g/mol. The van der Waals surface area contributed by atoms with Gasteiger partial charge in [-0.3, -0.25) is 4.79 Å². The molecule has 3 aromatic rings. The number of sulfonamides is 1. The summed E-state index contributed by atoms with van der Waals surface area (Å²) in [6.45, 7) is 5.99. The highest BCUT2D eigenvalue weighted by atomic mass is 32.2. The van der Waals surface area contributed by atoms with Gasteiger partial charge in [0, 0.05) is 0 Å². The molecule has 0 N–H and O–H groups in total. The smallest absolute Gasteiger partial charge is 0.268 e. The average molecular weight is 416 g/mol. The molecule has 5 heteroatoms. The van der Waals surface area contributed by atoms with Crippen LogP contribution in [0, 0.1) is 6.92 Å². The molecular formula is C25H21NO3S. The Labute approximate surface area is 176 Å². The van der Waals surface area contributed by atoms with E-state index in [9.17, 15) is 13.2 Å². The largest absolute Gasteiger partial charge is 0.268 e. The van der Waals surface area contributed by atoms with E-state index in [0.29, 0.717) is 16.7 Å². The molecule has 150 valence electrons. The van der Waals surface area contributed by atoms with E-state index in [0.717, 1.165) is 21.0 Å². The number of hydrogen-bond donors (Lipinski definition) is 0. The van der Waals surface area contributed by atoms with Crippen LogP contribution in [-0.2, 0) is 14.8 Å². The first-order valence-corrected chi connectivity index (χ1v) is 11.0. The third-order valence-electron chi connectivity index (χ3n) is 5.20. The fraction of sp³-hybridized carbons (Fsp3) is 0.0800. The van der Waals surface area contributed by atoms with Crippen LogP contribution in [0.5, 0.6) is 0 Å². The van der Waals surface area contributed by atoms with Crippen LogP contribution in [0.2, 0.25) is 0 Å². The third kappa shape index (κ3) is 3.48. The molecule has 4 nitrogen and oxygen atoms in total. The first kappa shape index (κ1) is 19.9. The number of carbonyl (C=O) groups excluding carboxylic acids is 1. The van der Waals surface area contributed by atoms with E-state index in [1.807, 2.05) is 67.6 Å². The second-order valence-electron chi connectivity index (χ2n) is 7.19. The van der Waals surface area contributed by atoms with Crippen LogP contribution in [0.15, 0.2) is 102 Å². The highest BCUT2D eigenvalue weighted by molar-refractivity contribution is 7.89. The van der Waals surface area contributed by atoms with E-state index >= 15 is 0 Å². The number of carbonyl (C=O) groups is 1.